The zero-order valence-corrected chi connectivity index (χ0v) is 13.2. The first-order valence-corrected chi connectivity index (χ1v) is 8.82. The number of benzene rings is 1. The van der Waals surface area contributed by atoms with Gasteiger partial charge < -0.3 is 4.90 Å². The Morgan fingerprint density at radius 1 is 1.45 bits per heavy atom. The summed E-state index contributed by atoms with van der Waals surface area (Å²) in [6, 6.07) is 5.11. The lowest BCUT2D eigenvalue weighted by Crippen LogP contribution is -2.41. The summed E-state index contributed by atoms with van der Waals surface area (Å²) >= 11 is 6.11. The van der Waals surface area contributed by atoms with Gasteiger partial charge in [-0.25, -0.2) is 8.42 Å². The van der Waals surface area contributed by atoms with E-state index >= 15 is 0 Å². The van der Waals surface area contributed by atoms with Crippen LogP contribution in [-0.2, 0) is 14.6 Å². The molecule has 0 bridgehead atoms. The van der Waals surface area contributed by atoms with E-state index in [1.165, 1.54) is 0 Å². The van der Waals surface area contributed by atoms with E-state index < -0.39 is 9.84 Å². The highest BCUT2D eigenvalue weighted by Gasteiger charge is 2.35. The molecule has 110 valence electrons. The number of nitrogens with zero attached hydrogens (tertiary/aromatic N) is 1. The van der Waals surface area contributed by atoms with E-state index in [1.54, 1.807) is 17.9 Å². The monoisotopic (exact) mass is 315 g/mol. The first-order valence-electron chi connectivity index (χ1n) is 6.62. The number of carbonyl (C=O) groups excluding carboxylic acids is 1. The molecule has 1 amide bonds. The van der Waals surface area contributed by atoms with E-state index in [-0.39, 0.29) is 23.5 Å². The summed E-state index contributed by atoms with van der Waals surface area (Å²) in [7, 11) is -3.04. The Bertz CT molecular complexity index is 627. The maximum absolute atomic E-state index is 12.2. The predicted octanol–water partition coefficient (Wildman–Crippen LogP) is 2.58. The van der Waals surface area contributed by atoms with Crippen molar-refractivity contribution >= 4 is 33.0 Å². The van der Waals surface area contributed by atoms with Crippen molar-refractivity contribution in [2.24, 2.45) is 0 Å². The van der Waals surface area contributed by atoms with Crippen LogP contribution < -0.4 is 4.90 Å². The highest BCUT2D eigenvalue weighted by Crippen LogP contribution is 2.28. The van der Waals surface area contributed by atoms with Crippen molar-refractivity contribution in [1.29, 1.82) is 0 Å². The Morgan fingerprint density at radius 3 is 2.65 bits per heavy atom. The van der Waals surface area contributed by atoms with Crippen LogP contribution in [0, 0.1) is 6.92 Å². The third-order valence-corrected chi connectivity index (χ3v) is 5.74. The Morgan fingerprint density at radius 2 is 2.15 bits per heavy atom. The molecule has 6 heteroatoms. The average Bonchev–Trinajstić information content (AvgIpc) is 2.74. The maximum atomic E-state index is 12.2. The van der Waals surface area contributed by atoms with Crippen LogP contribution in [0.5, 0.6) is 0 Å². The van der Waals surface area contributed by atoms with E-state index in [0.717, 1.165) is 5.56 Å². The van der Waals surface area contributed by atoms with E-state index in [4.69, 9.17) is 11.6 Å². The normalized spacial score (nSPS) is 20.9. The van der Waals surface area contributed by atoms with Crippen LogP contribution in [0.25, 0.3) is 0 Å². The fourth-order valence-electron chi connectivity index (χ4n) is 2.44. The van der Waals surface area contributed by atoms with Gasteiger partial charge >= 0.3 is 0 Å². The zero-order valence-electron chi connectivity index (χ0n) is 11.6. The smallest absolute Gasteiger partial charge is 0.226 e. The van der Waals surface area contributed by atoms with Crippen LogP contribution in [0.2, 0.25) is 5.02 Å². The van der Waals surface area contributed by atoms with Crippen molar-refractivity contribution in [3.63, 3.8) is 0 Å². The molecule has 2 rings (SSSR count). The summed E-state index contributed by atoms with van der Waals surface area (Å²) in [5.41, 5.74) is 1.60. The average molecular weight is 316 g/mol. The van der Waals surface area contributed by atoms with Gasteiger partial charge in [0.15, 0.2) is 9.84 Å². The third-order valence-electron chi connectivity index (χ3n) is 3.58. The predicted molar refractivity (Wildman–Crippen MR) is 81.0 cm³/mol. The van der Waals surface area contributed by atoms with Crippen LogP contribution in [0.15, 0.2) is 18.2 Å². The fourth-order valence-corrected chi connectivity index (χ4v) is 4.31. The second-order valence-electron chi connectivity index (χ2n) is 5.11. The molecule has 0 aromatic heterocycles. The summed E-state index contributed by atoms with van der Waals surface area (Å²) in [5.74, 6) is 0.0988. The standard InChI is InChI=1S/C14H18ClNO3S/c1-3-14(17)16(12-6-7-20(18,19)9-12)11-5-4-10(2)13(15)8-11/h4-5,8,12H,3,6-7,9H2,1-2H3. The quantitative estimate of drug-likeness (QED) is 0.861. The third kappa shape index (κ3) is 3.15. The van der Waals surface area contributed by atoms with Gasteiger partial charge in [-0.2, -0.15) is 0 Å². The minimum atomic E-state index is -3.04. The molecule has 0 N–H and O–H groups in total. The minimum Gasteiger partial charge on any atom is -0.308 e. The number of sulfone groups is 1. The molecule has 0 aliphatic carbocycles. The van der Waals surface area contributed by atoms with Crippen LogP contribution in [-0.4, -0.2) is 31.9 Å². The molecule has 1 aliphatic heterocycles. The van der Waals surface area contributed by atoms with Gasteiger partial charge in [-0.05, 0) is 31.0 Å². The molecule has 0 radical (unpaired) electrons. The molecular weight excluding hydrogens is 298 g/mol. The molecule has 1 atom stereocenters. The van der Waals surface area contributed by atoms with Gasteiger partial charge in [0.1, 0.15) is 0 Å². The number of anilines is 1. The van der Waals surface area contributed by atoms with Gasteiger partial charge in [0.25, 0.3) is 0 Å². The van der Waals surface area contributed by atoms with Crippen molar-refractivity contribution in [1.82, 2.24) is 0 Å². The van der Waals surface area contributed by atoms with Crippen molar-refractivity contribution in [3.8, 4) is 0 Å². The summed E-state index contributed by atoms with van der Waals surface area (Å²) < 4.78 is 23.3. The van der Waals surface area contributed by atoms with E-state index in [2.05, 4.69) is 0 Å². The molecule has 20 heavy (non-hydrogen) atoms. The van der Waals surface area contributed by atoms with Crippen LogP contribution >= 0.6 is 11.6 Å². The zero-order chi connectivity index (χ0) is 14.9. The molecule has 1 aromatic rings. The van der Waals surface area contributed by atoms with Gasteiger partial charge in [-0.3, -0.25) is 4.79 Å². The minimum absolute atomic E-state index is 0.0320. The van der Waals surface area contributed by atoms with Crippen LogP contribution in [0.3, 0.4) is 0 Å². The topological polar surface area (TPSA) is 54.5 Å². The van der Waals surface area contributed by atoms with E-state index in [0.29, 0.717) is 23.6 Å². The summed E-state index contributed by atoms with van der Waals surface area (Å²) in [6.45, 7) is 3.66. The number of amides is 1. The molecular formula is C14H18ClNO3S. The number of halogens is 1. The van der Waals surface area contributed by atoms with Crippen molar-refractivity contribution in [2.45, 2.75) is 32.7 Å². The number of carbonyl (C=O) groups is 1. The SMILES string of the molecule is CCC(=O)N(c1ccc(C)c(Cl)c1)C1CCS(=O)(=O)C1. The van der Waals surface area contributed by atoms with Gasteiger partial charge in [0.2, 0.25) is 5.91 Å². The lowest BCUT2D eigenvalue weighted by Gasteiger charge is -2.28. The van der Waals surface area contributed by atoms with Crippen LogP contribution in [0.1, 0.15) is 25.3 Å². The summed E-state index contributed by atoms with van der Waals surface area (Å²) in [5, 5.41) is 0.581. The highest BCUT2D eigenvalue weighted by atomic mass is 35.5. The Hall–Kier alpha value is -1.07. The molecule has 0 saturated carbocycles. The molecule has 1 heterocycles. The largest absolute Gasteiger partial charge is 0.308 e. The molecule has 1 saturated heterocycles. The molecule has 4 nitrogen and oxygen atoms in total. The highest BCUT2D eigenvalue weighted by molar-refractivity contribution is 7.91. The van der Waals surface area contributed by atoms with E-state index in [1.807, 2.05) is 19.1 Å². The van der Waals surface area contributed by atoms with Gasteiger partial charge in [-0.15, -0.1) is 0 Å². The second-order valence-corrected chi connectivity index (χ2v) is 7.74. The molecule has 1 unspecified atom stereocenters. The number of hydrogen-bond donors (Lipinski definition) is 0. The maximum Gasteiger partial charge on any atom is 0.226 e. The lowest BCUT2D eigenvalue weighted by atomic mass is 10.1. The number of hydrogen-bond acceptors (Lipinski definition) is 3. The van der Waals surface area contributed by atoms with Crippen molar-refractivity contribution in [2.75, 3.05) is 16.4 Å². The first kappa shape index (κ1) is 15.3. The lowest BCUT2D eigenvalue weighted by molar-refractivity contribution is -0.118. The van der Waals surface area contributed by atoms with E-state index in [9.17, 15) is 13.2 Å². The van der Waals surface area contributed by atoms with Crippen molar-refractivity contribution < 1.29 is 13.2 Å². The molecule has 1 aromatic carbocycles. The summed E-state index contributed by atoms with van der Waals surface area (Å²) in [6.07, 6.45) is 0.821. The Labute approximate surface area is 124 Å². The van der Waals surface area contributed by atoms with Crippen LogP contribution in [0.4, 0.5) is 5.69 Å². The van der Waals surface area contributed by atoms with Gasteiger partial charge in [0.05, 0.1) is 17.5 Å². The number of aryl methyl sites for hydroxylation is 1. The fraction of sp³-hybridized carbons (Fsp3) is 0.500. The Balaban J connectivity index is 2.38. The van der Waals surface area contributed by atoms with Crippen molar-refractivity contribution in [3.05, 3.63) is 28.8 Å². The molecule has 1 fully saturated rings. The second kappa shape index (κ2) is 5.74. The first-order chi connectivity index (χ1) is 9.34. The number of rotatable bonds is 3. The Kier molecular flexibility index (Phi) is 4.39. The van der Waals surface area contributed by atoms with Gasteiger partial charge in [0, 0.05) is 17.1 Å². The van der Waals surface area contributed by atoms with Gasteiger partial charge in [-0.1, -0.05) is 24.6 Å². The summed E-state index contributed by atoms with van der Waals surface area (Å²) in [4.78, 5) is 13.8. The molecule has 1 aliphatic rings. The molecule has 0 spiro atoms.